The number of carbonyl (C=O) groups is 1. The average Bonchev–Trinajstić information content (AvgIpc) is 2.28. The minimum absolute atomic E-state index is 0.348. The number of aliphatic carboxylic acids is 1. The molecule has 100 valence electrons. The summed E-state index contributed by atoms with van der Waals surface area (Å²) >= 11 is 0. The number of carboxylic acid groups (broad SMARTS) is 1. The topological polar surface area (TPSA) is 83.5 Å². The summed E-state index contributed by atoms with van der Waals surface area (Å²) in [6, 6.07) is 9.06. The highest BCUT2D eigenvalue weighted by atomic mass is 32.2. The van der Waals surface area contributed by atoms with E-state index in [1.807, 2.05) is 30.3 Å². The van der Waals surface area contributed by atoms with E-state index in [0.717, 1.165) is 12.5 Å². The second kappa shape index (κ2) is 5.97. The van der Waals surface area contributed by atoms with Gasteiger partial charge >= 0.3 is 5.97 Å². The fourth-order valence-electron chi connectivity index (χ4n) is 1.52. The number of nitrogens with one attached hydrogen (secondary N) is 1. The molecule has 1 aromatic rings. The molecule has 18 heavy (non-hydrogen) atoms. The Balaban J connectivity index is 2.65. The number of rotatable bonds is 6. The molecule has 0 aliphatic carbocycles. The van der Waals surface area contributed by atoms with Crippen LogP contribution in [0.25, 0.3) is 0 Å². The van der Waals surface area contributed by atoms with Crippen LogP contribution in [0.1, 0.15) is 19.4 Å². The summed E-state index contributed by atoms with van der Waals surface area (Å²) in [6.45, 7) is 2.86. The zero-order valence-electron chi connectivity index (χ0n) is 10.3. The van der Waals surface area contributed by atoms with Crippen LogP contribution >= 0.6 is 0 Å². The highest BCUT2D eigenvalue weighted by molar-refractivity contribution is 7.90. The first-order valence-electron chi connectivity index (χ1n) is 5.61. The zero-order chi connectivity index (χ0) is 13.8. The maximum absolute atomic E-state index is 11.7. The fourth-order valence-corrected chi connectivity index (χ4v) is 2.64. The molecule has 0 aliphatic rings. The molecule has 0 saturated carbocycles. The van der Waals surface area contributed by atoms with Crippen molar-refractivity contribution >= 4 is 16.0 Å². The highest BCUT2D eigenvalue weighted by Crippen LogP contribution is 2.06. The predicted molar refractivity (Wildman–Crippen MR) is 68.8 cm³/mol. The Hall–Kier alpha value is -1.40. The first kappa shape index (κ1) is 14.7. The van der Waals surface area contributed by atoms with Gasteiger partial charge in [0.1, 0.15) is 0 Å². The number of sulfonamides is 1. The summed E-state index contributed by atoms with van der Waals surface area (Å²) < 4.78 is 25.7. The molecule has 0 aromatic heterocycles. The SMILES string of the molecule is CC(Cc1ccccc1)NS(=O)(=O)C(C)C(=O)O. The molecule has 0 heterocycles. The Morgan fingerprint density at radius 1 is 1.28 bits per heavy atom. The molecule has 0 fully saturated rings. The van der Waals surface area contributed by atoms with Crippen molar-refractivity contribution in [2.24, 2.45) is 0 Å². The van der Waals surface area contributed by atoms with Crippen LogP contribution in [0, 0.1) is 0 Å². The average molecular weight is 271 g/mol. The van der Waals surface area contributed by atoms with Crippen LogP contribution in [0.2, 0.25) is 0 Å². The van der Waals surface area contributed by atoms with Crippen LogP contribution in [0.3, 0.4) is 0 Å². The third-order valence-electron chi connectivity index (χ3n) is 2.56. The molecule has 5 nitrogen and oxygen atoms in total. The lowest BCUT2D eigenvalue weighted by atomic mass is 10.1. The summed E-state index contributed by atoms with van der Waals surface area (Å²) in [6.07, 6.45) is 0.520. The van der Waals surface area contributed by atoms with Crippen molar-refractivity contribution in [1.29, 1.82) is 0 Å². The van der Waals surface area contributed by atoms with Gasteiger partial charge in [-0.1, -0.05) is 30.3 Å². The maximum Gasteiger partial charge on any atom is 0.323 e. The van der Waals surface area contributed by atoms with Crippen LogP contribution < -0.4 is 4.72 Å². The Morgan fingerprint density at radius 2 is 1.83 bits per heavy atom. The number of hydrogen-bond donors (Lipinski definition) is 2. The van der Waals surface area contributed by atoms with Crippen LogP contribution in [0.15, 0.2) is 30.3 Å². The first-order chi connectivity index (χ1) is 8.33. The van der Waals surface area contributed by atoms with Crippen molar-refractivity contribution in [1.82, 2.24) is 4.72 Å². The third-order valence-corrected chi connectivity index (χ3v) is 4.43. The lowest BCUT2D eigenvalue weighted by molar-refractivity contribution is -0.136. The second-order valence-corrected chi connectivity index (χ2v) is 6.27. The quantitative estimate of drug-likeness (QED) is 0.809. The Morgan fingerprint density at radius 3 is 2.33 bits per heavy atom. The molecule has 2 unspecified atom stereocenters. The van der Waals surface area contributed by atoms with E-state index in [4.69, 9.17) is 5.11 Å². The van der Waals surface area contributed by atoms with E-state index in [1.54, 1.807) is 6.92 Å². The summed E-state index contributed by atoms with van der Waals surface area (Å²) in [7, 11) is -3.83. The molecule has 6 heteroatoms. The van der Waals surface area contributed by atoms with E-state index < -0.39 is 21.2 Å². The summed E-state index contributed by atoms with van der Waals surface area (Å²) in [5.41, 5.74) is 0.996. The normalized spacial score (nSPS) is 15.0. The van der Waals surface area contributed by atoms with Gasteiger partial charge in [-0.3, -0.25) is 4.79 Å². The van der Waals surface area contributed by atoms with E-state index in [9.17, 15) is 13.2 Å². The van der Waals surface area contributed by atoms with Crippen molar-refractivity contribution in [3.05, 3.63) is 35.9 Å². The first-order valence-corrected chi connectivity index (χ1v) is 7.15. The molecule has 0 aliphatic heterocycles. The fraction of sp³-hybridized carbons (Fsp3) is 0.417. The van der Waals surface area contributed by atoms with Gasteiger partial charge in [0.15, 0.2) is 5.25 Å². The van der Waals surface area contributed by atoms with E-state index >= 15 is 0 Å². The molecule has 1 rings (SSSR count). The van der Waals surface area contributed by atoms with Gasteiger partial charge < -0.3 is 5.11 Å². The second-order valence-electron chi connectivity index (χ2n) is 4.23. The van der Waals surface area contributed by atoms with Gasteiger partial charge in [-0.25, -0.2) is 13.1 Å². The lowest BCUT2D eigenvalue weighted by Gasteiger charge is -2.16. The molecule has 0 radical (unpaired) electrons. The van der Waals surface area contributed by atoms with Crippen molar-refractivity contribution in [3.63, 3.8) is 0 Å². The van der Waals surface area contributed by atoms with Crippen molar-refractivity contribution in [3.8, 4) is 0 Å². The Kier molecular flexibility index (Phi) is 4.86. The maximum atomic E-state index is 11.7. The number of carboxylic acids is 1. The van der Waals surface area contributed by atoms with Gasteiger partial charge in [-0.15, -0.1) is 0 Å². The zero-order valence-corrected chi connectivity index (χ0v) is 11.1. The molecular weight excluding hydrogens is 254 g/mol. The molecule has 2 N–H and O–H groups in total. The molecule has 0 bridgehead atoms. The molecular formula is C12H17NO4S. The van der Waals surface area contributed by atoms with Crippen molar-refractivity contribution in [2.75, 3.05) is 0 Å². The van der Waals surface area contributed by atoms with Crippen LogP contribution in [0.4, 0.5) is 0 Å². The number of hydrogen-bond acceptors (Lipinski definition) is 3. The van der Waals surface area contributed by atoms with E-state index in [-0.39, 0.29) is 6.04 Å². The molecule has 0 spiro atoms. The summed E-state index contributed by atoms with van der Waals surface area (Å²) in [4.78, 5) is 10.7. The predicted octanol–water partition coefficient (Wildman–Crippen LogP) is 1.01. The Bertz CT molecular complexity index is 498. The molecule has 0 amide bonds. The smallest absolute Gasteiger partial charge is 0.323 e. The standard InChI is InChI=1S/C12H17NO4S/c1-9(8-11-6-4-3-5-7-11)13-18(16,17)10(2)12(14)15/h3-7,9-10,13H,8H2,1-2H3,(H,14,15). The Labute approximate surface area is 107 Å². The largest absolute Gasteiger partial charge is 0.480 e. The van der Waals surface area contributed by atoms with Crippen LogP contribution in [-0.2, 0) is 21.2 Å². The highest BCUT2D eigenvalue weighted by Gasteiger charge is 2.28. The van der Waals surface area contributed by atoms with Crippen molar-refractivity contribution in [2.45, 2.75) is 31.6 Å². The molecule has 2 atom stereocenters. The van der Waals surface area contributed by atoms with E-state index in [1.165, 1.54) is 0 Å². The third kappa shape index (κ3) is 4.12. The summed E-state index contributed by atoms with van der Waals surface area (Å²) in [5.74, 6) is -1.35. The van der Waals surface area contributed by atoms with Gasteiger partial charge in [-0.05, 0) is 25.8 Å². The minimum Gasteiger partial charge on any atom is -0.480 e. The molecule has 1 aromatic carbocycles. The minimum atomic E-state index is -3.83. The van der Waals surface area contributed by atoms with Crippen molar-refractivity contribution < 1.29 is 18.3 Å². The van der Waals surface area contributed by atoms with Gasteiger partial charge in [0.05, 0.1) is 0 Å². The van der Waals surface area contributed by atoms with Gasteiger partial charge in [0.25, 0.3) is 0 Å². The van der Waals surface area contributed by atoms with Crippen LogP contribution in [0.5, 0.6) is 0 Å². The monoisotopic (exact) mass is 271 g/mol. The van der Waals surface area contributed by atoms with Gasteiger partial charge in [-0.2, -0.15) is 0 Å². The van der Waals surface area contributed by atoms with E-state index in [2.05, 4.69) is 4.72 Å². The summed E-state index contributed by atoms with van der Waals surface area (Å²) in [5, 5.41) is 7.25. The molecule has 0 saturated heterocycles. The number of benzene rings is 1. The van der Waals surface area contributed by atoms with Gasteiger partial charge in [0, 0.05) is 6.04 Å². The van der Waals surface area contributed by atoms with Crippen LogP contribution in [-0.4, -0.2) is 30.8 Å². The van der Waals surface area contributed by atoms with E-state index in [0.29, 0.717) is 6.42 Å². The van der Waals surface area contributed by atoms with Gasteiger partial charge in [0.2, 0.25) is 10.0 Å². The lowest BCUT2D eigenvalue weighted by Crippen LogP contribution is -2.42.